The molecule has 0 bridgehead atoms. The predicted molar refractivity (Wildman–Crippen MR) is 60.1 cm³/mol. The van der Waals surface area contributed by atoms with Crippen LogP contribution in [0.25, 0.3) is 0 Å². The maximum absolute atomic E-state index is 11.7. The van der Waals surface area contributed by atoms with Gasteiger partial charge >= 0.3 is 0 Å². The van der Waals surface area contributed by atoms with E-state index >= 15 is 0 Å². The van der Waals surface area contributed by atoms with Gasteiger partial charge in [-0.1, -0.05) is 13.8 Å². The Labute approximate surface area is 89.9 Å². The van der Waals surface area contributed by atoms with Crippen molar-refractivity contribution in [3.05, 3.63) is 27.4 Å². The average Bonchev–Trinajstić information content (AvgIpc) is 2.94. The molecule has 0 spiro atoms. The fraction of sp³-hybridized carbons (Fsp3) is 0.667. The van der Waals surface area contributed by atoms with Crippen molar-refractivity contribution in [2.24, 2.45) is 5.92 Å². The predicted octanol–water partition coefficient (Wildman–Crippen LogP) is 2.15. The van der Waals surface area contributed by atoms with E-state index < -0.39 is 0 Å². The third kappa shape index (κ3) is 2.28. The molecule has 1 aromatic heterocycles. The molecule has 1 aliphatic carbocycles. The lowest BCUT2D eigenvalue weighted by Gasteiger charge is -2.08. The van der Waals surface area contributed by atoms with Crippen molar-refractivity contribution in [3.8, 4) is 0 Å². The van der Waals surface area contributed by atoms with Gasteiger partial charge in [0.25, 0.3) is 5.56 Å². The first-order valence-electron chi connectivity index (χ1n) is 5.67. The molecule has 3 nitrogen and oxygen atoms in total. The molecule has 0 atom stereocenters. The van der Waals surface area contributed by atoms with E-state index in [1.165, 1.54) is 12.8 Å². The molecule has 2 rings (SSSR count). The van der Waals surface area contributed by atoms with Crippen LogP contribution in [0.2, 0.25) is 0 Å². The first-order chi connectivity index (χ1) is 7.08. The van der Waals surface area contributed by atoms with Gasteiger partial charge in [0.1, 0.15) is 5.82 Å². The van der Waals surface area contributed by atoms with Gasteiger partial charge in [0.05, 0.1) is 5.69 Å². The molecular formula is C12H18N2O. The highest BCUT2D eigenvalue weighted by molar-refractivity contribution is 5.19. The van der Waals surface area contributed by atoms with Crippen LogP contribution in [0, 0.1) is 12.8 Å². The zero-order chi connectivity index (χ0) is 11.0. The smallest absolute Gasteiger partial charge is 0.254 e. The van der Waals surface area contributed by atoms with Gasteiger partial charge in [-0.25, -0.2) is 4.98 Å². The summed E-state index contributed by atoms with van der Waals surface area (Å²) in [5, 5.41) is 0. The van der Waals surface area contributed by atoms with E-state index in [9.17, 15) is 4.79 Å². The maximum atomic E-state index is 11.7. The second kappa shape index (κ2) is 3.80. The lowest BCUT2D eigenvalue weighted by molar-refractivity contribution is 0.625. The minimum absolute atomic E-state index is 0.0440. The molecule has 1 aromatic rings. The maximum Gasteiger partial charge on any atom is 0.254 e. The van der Waals surface area contributed by atoms with E-state index in [0.717, 1.165) is 23.5 Å². The van der Waals surface area contributed by atoms with E-state index in [4.69, 9.17) is 0 Å². The number of rotatable bonds is 3. The van der Waals surface area contributed by atoms with Crippen LogP contribution in [-0.4, -0.2) is 9.97 Å². The van der Waals surface area contributed by atoms with Gasteiger partial charge in [-0.05, 0) is 32.1 Å². The van der Waals surface area contributed by atoms with Crippen LogP contribution in [0.3, 0.4) is 0 Å². The van der Waals surface area contributed by atoms with E-state index in [-0.39, 0.29) is 5.56 Å². The van der Waals surface area contributed by atoms with Crippen molar-refractivity contribution in [1.29, 1.82) is 0 Å². The summed E-state index contributed by atoms with van der Waals surface area (Å²) in [6.45, 7) is 6.17. The van der Waals surface area contributed by atoms with Crippen molar-refractivity contribution in [3.63, 3.8) is 0 Å². The molecule has 0 unspecified atom stereocenters. The van der Waals surface area contributed by atoms with Crippen LogP contribution in [0.5, 0.6) is 0 Å². The summed E-state index contributed by atoms with van der Waals surface area (Å²) in [6.07, 6.45) is 3.25. The molecule has 0 aromatic carbocycles. The summed E-state index contributed by atoms with van der Waals surface area (Å²) in [5.74, 6) is 1.97. The van der Waals surface area contributed by atoms with Gasteiger partial charge in [0.2, 0.25) is 0 Å². The Balaban J connectivity index is 2.38. The number of aromatic amines is 1. The molecule has 1 fully saturated rings. The first kappa shape index (κ1) is 10.4. The van der Waals surface area contributed by atoms with Gasteiger partial charge in [0.15, 0.2) is 0 Å². The van der Waals surface area contributed by atoms with E-state index in [2.05, 4.69) is 23.8 Å². The number of nitrogens with one attached hydrogen (secondary N) is 1. The van der Waals surface area contributed by atoms with Crippen molar-refractivity contribution in [1.82, 2.24) is 9.97 Å². The summed E-state index contributed by atoms with van der Waals surface area (Å²) < 4.78 is 0. The van der Waals surface area contributed by atoms with E-state index in [1.54, 1.807) is 0 Å². The number of H-pyrrole nitrogens is 1. The average molecular weight is 206 g/mol. The van der Waals surface area contributed by atoms with Gasteiger partial charge in [0, 0.05) is 11.5 Å². The van der Waals surface area contributed by atoms with Crippen molar-refractivity contribution in [2.75, 3.05) is 0 Å². The topological polar surface area (TPSA) is 45.8 Å². The molecule has 3 heteroatoms. The van der Waals surface area contributed by atoms with Gasteiger partial charge in [-0.3, -0.25) is 4.79 Å². The standard InChI is InChI=1S/C12H18N2O/c1-7(2)6-10-8(3)12(15)14-11(13-10)9-4-5-9/h7,9H,4-6H2,1-3H3,(H,13,14,15). The number of hydrogen-bond acceptors (Lipinski definition) is 2. The minimum atomic E-state index is 0.0440. The van der Waals surface area contributed by atoms with Crippen LogP contribution in [0.15, 0.2) is 4.79 Å². The van der Waals surface area contributed by atoms with Crippen molar-refractivity contribution >= 4 is 0 Å². The van der Waals surface area contributed by atoms with Crippen LogP contribution in [0.4, 0.5) is 0 Å². The number of hydrogen-bond donors (Lipinski definition) is 1. The second-order valence-electron chi connectivity index (χ2n) is 4.90. The SMILES string of the molecule is Cc1c(CC(C)C)nc(C2CC2)[nH]c1=O. The highest BCUT2D eigenvalue weighted by atomic mass is 16.1. The summed E-state index contributed by atoms with van der Waals surface area (Å²) in [4.78, 5) is 19.1. The lowest BCUT2D eigenvalue weighted by atomic mass is 10.0. The van der Waals surface area contributed by atoms with E-state index in [1.807, 2.05) is 6.92 Å². The van der Waals surface area contributed by atoms with Crippen molar-refractivity contribution in [2.45, 2.75) is 46.0 Å². The molecule has 0 radical (unpaired) electrons. The highest BCUT2D eigenvalue weighted by Gasteiger charge is 2.27. The molecule has 1 saturated carbocycles. The summed E-state index contributed by atoms with van der Waals surface area (Å²) in [5.41, 5.74) is 1.81. The number of nitrogens with zero attached hydrogens (tertiary/aromatic N) is 1. The third-order valence-electron chi connectivity index (χ3n) is 2.84. The molecule has 0 saturated heterocycles. The Morgan fingerprint density at radius 1 is 1.47 bits per heavy atom. The normalized spacial score (nSPS) is 16.0. The fourth-order valence-electron chi connectivity index (χ4n) is 1.73. The quantitative estimate of drug-likeness (QED) is 0.823. The Kier molecular flexibility index (Phi) is 2.63. The number of aromatic nitrogens is 2. The van der Waals surface area contributed by atoms with Crippen LogP contribution in [0.1, 0.15) is 49.7 Å². The molecule has 1 heterocycles. The molecular weight excluding hydrogens is 188 g/mol. The summed E-state index contributed by atoms with van der Waals surface area (Å²) in [7, 11) is 0. The highest BCUT2D eigenvalue weighted by Crippen LogP contribution is 2.37. The second-order valence-corrected chi connectivity index (χ2v) is 4.90. The third-order valence-corrected chi connectivity index (χ3v) is 2.84. The summed E-state index contributed by atoms with van der Waals surface area (Å²) in [6, 6.07) is 0. The largest absolute Gasteiger partial charge is 0.310 e. The zero-order valence-corrected chi connectivity index (χ0v) is 9.63. The molecule has 82 valence electrons. The Morgan fingerprint density at radius 2 is 2.13 bits per heavy atom. The van der Waals surface area contributed by atoms with Gasteiger partial charge < -0.3 is 4.98 Å². The Hall–Kier alpha value is -1.12. The van der Waals surface area contributed by atoms with Gasteiger partial charge in [-0.15, -0.1) is 0 Å². The monoisotopic (exact) mass is 206 g/mol. The molecule has 15 heavy (non-hydrogen) atoms. The van der Waals surface area contributed by atoms with Crippen molar-refractivity contribution < 1.29 is 0 Å². The van der Waals surface area contributed by atoms with Crippen LogP contribution < -0.4 is 5.56 Å². The molecule has 1 N–H and O–H groups in total. The first-order valence-corrected chi connectivity index (χ1v) is 5.67. The molecule has 1 aliphatic rings. The summed E-state index contributed by atoms with van der Waals surface area (Å²) >= 11 is 0. The Bertz CT molecular complexity index is 416. The van der Waals surface area contributed by atoms with E-state index in [0.29, 0.717) is 11.8 Å². The minimum Gasteiger partial charge on any atom is -0.310 e. The Morgan fingerprint density at radius 3 is 2.67 bits per heavy atom. The van der Waals surface area contributed by atoms with Crippen LogP contribution in [-0.2, 0) is 6.42 Å². The van der Waals surface area contributed by atoms with Crippen LogP contribution >= 0.6 is 0 Å². The fourth-order valence-corrected chi connectivity index (χ4v) is 1.73. The molecule has 0 amide bonds. The molecule has 0 aliphatic heterocycles. The zero-order valence-electron chi connectivity index (χ0n) is 9.63. The van der Waals surface area contributed by atoms with Gasteiger partial charge in [-0.2, -0.15) is 0 Å². The lowest BCUT2D eigenvalue weighted by Crippen LogP contribution is -2.18.